The van der Waals surface area contributed by atoms with E-state index in [0.29, 0.717) is 19.0 Å². The smallest absolute Gasteiger partial charge is 0.236 e. The van der Waals surface area contributed by atoms with Crippen LogP contribution in [0.1, 0.15) is 45.4 Å². The van der Waals surface area contributed by atoms with Gasteiger partial charge in [0.05, 0.1) is 6.04 Å². The van der Waals surface area contributed by atoms with Crippen molar-refractivity contribution in [3.8, 4) is 0 Å². The number of nitrogens with one attached hydrogen (secondary N) is 2. The zero-order chi connectivity index (χ0) is 12.7. The van der Waals surface area contributed by atoms with E-state index in [-0.39, 0.29) is 11.8 Å². The van der Waals surface area contributed by atoms with Crippen LogP contribution < -0.4 is 16.4 Å². The molecule has 0 aliphatic heterocycles. The summed E-state index contributed by atoms with van der Waals surface area (Å²) >= 11 is 0. The Bertz CT molecular complexity index is 260. The molecule has 1 saturated carbocycles. The third-order valence-electron chi connectivity index (χ3n) is 3.04. The molecule has 98 valence electrons. The van der Waals surface area contributed by atoms with Gasteiger partial charge < -0.3 is 16.4 Å². The number of carbonyl (C=O) groups is 2. The van der Waals surface area contributed by atoms with Gasteiger partial charge in [-0.3, -0.25) is 9.59 Å². The van der Waals surface area contributed by atoms with Crippen molar-refractivity contribution in [1.29, 1.82) is 0 Å². The fraction of sp³-hybridized carbons (Fsp3) is 0.833. The van der Waals surface area contributed by atoms with Crippen LogP contribution in [0.5, 0.6) is 0 Å². The highest BCUT2D eigenvalue weighted by molar-refractivity contribution is 5.82. The van der Waals surface area contributed by atoms with Crippen LogP contribution >= 0.6 is 0 Å². The van der Waals surface area contributed by atoms with Crippen molar-refractivity contribution in [2.75, 3.05) is 6.54 Å². The van der Waals surface area contributed by atoms with Crippen molar-refractivity contribution < 1.29 is 9.59 Å². The Morgan fingerprint density at radius 1 is 1.29 bits per heavy atom. The standard InChI is InChI=1S/C12H23N3O2/c1-9(13)12(17)14-8-7-11(16)15-10-5-3-2-4-6-10/h9-10H,2-8,13H2,1H3,(H,14,17)(H,15,16)/t9-/m1/s1. The fourth-order valence-electron chi connectivity index (χ4n) is 2.01. The van der Waals surface area contributed by atoms with Crippen molar-refractivity contribution in [2.24, 2.45) is 5.73 Å². The summed E-state index contributed by atoms with van der Waals surface area (Å²) < 4.78 is 0. The largest absolute Gasteiger partial charge is 0.354 e. The van der Waals surface area contributed by atoms with E-state index >= 15 is 0 Å². The summed E-state index contributed by atoms with van der Waals surface area (Å²) in [7, 11) is 0. The predicted molar refractivity (Wildman–Crippen MR) is 66.3 cm³/mol. The second-order valence-electron chi connectivity index (χ2n) is 4.73. The van der Waals surface area contributed by atoms with Crippen LogP contribution in [0.2, 0.25) is 0 Å². The maximum atomic E-state index is 11.6. The van der Waals surface area contributed by atoms with Gasteiger partial charge in [0.2, 0.25) is 11.8 Å². The van der Waals surface area contributed by atoms with Gasteiger partial charge in [-0.25, -0.2) is 0 Å². The molecule has 5 nitrogen and oxygen atoms in total. The lowest BCUT2D eigenvalue weighted by Gasteiger charge is -2.22. The lowest BCUT2D eigenvalue weighted by molar-refractivity contribution is -0.123. The van der Waals surface area contributed by atoms with Crippen LogP contribution in [-0.2, 0) is 9.59 Å². The Labute approximate surface area is 103 Å². The number of rotatable bonds is 5. The van der Waals surface area contributed by atoms with E-state index in [9.17, 15) is 9.59 Å². The van der Waals surface area contributed by atoms with Crippen LogP contribution in [0, 0.1) is 0 Å². The van der Waals surface area contributed by atoms with E-state index < -0.39 is 6.04 Å². The topological polar surface area (TPSA) is 84.2 Å². The van der Waals surface area contributed by atoms with Gasteiger partial charge >= 0.3 is 0 Å². The molecule has 0 spiro atoms. The maximum absolute atomic E-state index is 11.6. The van der Waals surface area contributed by atoms with Gasteiger partial charge in [0.15, 0.2) is 0 Å². The van der Waals surface area contributed by atoms with E-state index in [1.54, 1.807) is 6.92 Å². The van der Waals surface area contributed by atoms with Gasteiger partial charge in [0.25, 0.3) is 0 Å². The third kappa shape index (κ3) is 5.68. The normalized spacial score (nSPS) is 18.5. The molecule has 0 aromatic carbocycles. The minimum atomic E-state index is -0.517. The van der Waals surface area contributed by atoms with Gasteiger partial charge in [-0.05, 0) is 19.8 Å². The van der Waals surface area contributed by atoms with Gasteiger partial charge in [-0.1, -0.05) is 19.3 Å². The van der Waals surface area contributed by atoms with Crippen LogP contribution in [0.4, 0.5) is 0 Å². The van der Waals surface area contributed by atoms with Crippen molar-refractivity contribution in [1.82, 2.24) is 10.6 Å². The first-order chi connectivity index (χ1) is 8.09. The second-order valence-corrected chi connectivity index (χ2v) is 4.73. The third-order valence-corrected chi connectivity index (χ3v) is 3.04. The molecule has 0 aromatic rings. The van der Waals surface area contributed by atoms with E-state index in [0.717, 1.165) is 12.8 Å². The maximum Gasteiger partial charge on any atom is 0.236 e. The van der Waals surface area contributed by atoms with E-state index in [4.69, 9.17) is 5.73 Å². The monoisotopic (exact) mass is 241 g/mol. The lowest BCUT2D eigenvalue weighted by atomic mass is 9.95. The summed E-state index contributed by atoms with van der Waals surface area (Å²) in [5, 5.41) is 5.63. The molecule has 0 radical (unpaired) electrons. The van der Waals surface area contributed by atoms with Gasteiger partial charge in [-0.2, -0.15) is 0 Å². The van der Waals surface area contributed by atoms with E-state index in [2.05, 4.69) is 10.6 Å². The van der Waals surface area contributed by atoms with Gasteiger partial charge in [0, 0.05) is 19.0 Å². The summed E-state index contributed by atoms with van der Waals surface area (Å²) in [6.07, 6.45) is 6.17. The van der Waals surface area contributed by atoms with Crippen molar-refractivity contribution >= 4 is 11.8 Å². The van der Waals surface area contributed by atoms with Gasteiger partial charge in [-0.15, -0.1) is 0 Å². The number of hydrogen-bond donors (Lipinski definition) is 3. The molecule has 2 amide bonds. The molecule has 0 heterocycles. The Morgan fingerprint density at radius 2 is 1.94 bits per heavy atom. The first kappa shape index (κ1) is 14.0. The highest BCUT2D eigenvalue weighted by Crippen LogP contribution is 2.17. The predicted octanol–water partition coefficient (Wildman–Crippen LogP) is 0.289. The van der Waals surface area contributed by atoms with Crippen LogP contribution in [0.25, 0.3) is 0 Å². The average Bonchev–Trinajstić information content (AvgIpc) is 2.30. The minimum Gasteiger partial charge on any atom is -0.354 e. The molecular weight excluding hydrogens is 218 g/mol. The molecule has 0 saturated heterocycles. The summed E-state index contributed by atoms with van der Waals surface area (Å²) in [4.78, 5) is 22.7. The van der Waals surface area contributed by atoms with Crippen LogP contribution in [0.3, 0.4) is 0 Å². The molecule has 17 heavy (non-hydrogen) atoms. The summed E-state index contributed by atoms with van der Waals surface area (Å²) in [6, 6.07) is -0.184. The molecule has 0 bridgehead atoms. The quantitative estimate of drug-likeness (QED) is 0.647. The number of amides is 2. The van der Waals surface area contributed by atoms with E-state index in [1.807, 2.05) is 0 Å². The zero-order valence-corrected chi connectivity index (χ0v) is 10.5. The fourth-order valence-corrected chi connectivity index (χ4v) is 2.01. The molecule has 5 heteroatoms. The van der Waals surface area contributed by atoms with Crippen molar-refractivity contribution in [3.63, 3.8) is 0 Å². The first-order valence-corrected chi connectivity index (χ1v) is 6.42. The molecule has 0 unspecified atom stereocenters. The SMILES string of the molecule is C[C@@H](N)C(=O)NCCC(=O)NC1CCCCC1. The van der Waals surface area contributed by atoms with Gasteiger partial charge in [0.1, 0.15) is 0 Å². The average molecular weight is 241 g/mol. The highest BCUT2D eigenvalue weighted by atomic mass is 16.2. The van der Waals surface area contributed by atoms with Crippen LogP contribution in [0.15, 0.2) is 0 Å². The molecule has 4 N–H and O–H groups in total. The molecule has 0 aromatic heterocycles. The molecule has 1 fully saturated rings. The van der Waals surface area contributed by atoms with Crippen molar-refractivity contribution in [3.05, 3.63) is 0 Å². The van der Waals surface area contributed by atoms with E-state index in [1.165, 1.54) is 19.3 Å². The molecule has 1 rings (SSSR count). The Morgan fingerprint density at radius 3 is 2.53 bits per heavy atom. The highest BCUT2D eigenvalue weighted by Gasteiger charge is 2.15. The van der Waals surface area contributed by atoms with Crippen LogP contribution in [-0.4, -0.2) is 30.4 Å². The molecule has 1 aliphatic rings. The lowest BCUT2D eigenvalue weighted by Crippen LogP contribution is -2.41. The summed E-state index contributed by atoms with van der Waals surface area (Å²) in [5.74, 6) is -0.197. The summed E-state index contributed by atoms with van der Waals surface area (Å²) in [6.45, 7) is 1.98. The number of carbonyl (C=O) groups excluding carboxylic acids is 2. The van der Waals surface area contributed by atoms with Crippen molar-refractivity contribution in [2.45, 2.75) is 57.5 Å². The summed E-state index contributed by atoms with van der Waals surface area (Å²) in [5.41, 5.74) is 5.39. The zero-order valence-electron chi connectivity index (χ0n) is 10.5. The number of hydrogen-bond acceptors (Lipinski definition) is 3. The molecular formula is C12H23N3O2. The Kier molecular flexibility index (Phi) is 5.97. The second kappa shape index (κ2) is 7.27. The Hall–Kier alpha value is -1.10. The minimum absolute atomic E-state index is 0.0156. The molecule has 1 aliphatic carbocycles. The number of nitrogens with two attached hydrogens (primary N) is 1. The molecule has 1 atom stereocenters. The Balaban J connectivity index is 2.10. The first-order valence-electron chi connectivity index (χ1n) is 6.42.